The lowest BCUT2D eigenvalue weighted by Gasteiger charge is -2.11. The van der Waals surface area contributed by atoms with Crippen LogP contribution in [0.3, 0.4) is 0 Å². The SMILES string of the molecule is CCCCOC(=O)c1ccc(NC(=S)NCc2ccc(C)cc2)cc1. The maximum atomic E-state index is 11.9. The Morgan fingerprint density at radius 2 is 1.76 bits per heavy atom. The third-order valence-corrected chi connectivity index (χ3v) is 3.93. The van der Waals surface area contributed by atoms with Gasteiger partial charge in [-0.3, -0.25) is 0 Å². The van der Waals surface area contributed by atoms with Gasteiger partial charge < -0.3 is 15.4 Å². The monoisotopic (exact) mass is 356 g/mol. The van der Waals surface area contributed by atoms with Gasteiger partial charge in [0.05, 0.1) is 12.2 Å². The van der Waals surface area contributed by atoms with Crippen molar-refractivity contribution in [3.8, 4) is 0 Å². The highest BCUT2D eigenvalue weighted by molar-refractivity contribution is 7.80. The van der Waals surface area contributed by atoms with Crippen molar-refractivity contribution in [2.75, 3.05) is 11.9 Å². The van der Waals surface area contributed by atoms with E-state index in [-0.39, 0.29) is 5.97 Å². The molecule has 0 fully saturated rings. The van der Waals surface area contributed by atoms with Gasteiger partial charge in [0, 0.05) is 12.2 Å². The third kappa shape index (κ3) is 6.55. The molecule has 0 aromatic heterocycles. The molecule has 0 heterocycles. The van der Waals surface area contributed by atoms with E-state index in [1.54, 1.807) is 12.1 Å². The number of carbonyl (C=O) groups is 1. The molecule has 0 radical (unpaired) electrons. The number of unbranched alkanes of at least 4 members (excludes halogenated alkanes) is 1. The van der Waals surface area contributed by atoms with E-state index in [0.29, 0.717) is 23.8 Å². The molecule has 2 rings (SSSR count). The lowest BCUT2D eigenvalue weighted by Crippen LogP contribution is -2.27. The Labute approximate surface area is 154 Å². The molecular formula is C20H24N2O2S. The predicted molar refractivity (Wildman–Crippen MR) is 106 cm³/mol. The summed E-state index contributed by atoms with van der Waals surface area (Å²) in [5, 5.41) is 6.82. The van der Waals surface area contributed by atoms with Crippen LogP contribution in [0.15, 0.2) is 48.5 Å². The van der Waals surface area contributed by atoms with Crippen LogP contribution in [0.4, 0.5) is 5.69 Å². The van der Waals surface area contributed by atoms with Crippen LogP contribution in [0.1, 0.15) is 41.3 Å². The number of rotatable bonds is 7. The molecule has 2 aromatic rings. The van der Waals surface area contributed by atoms with Gasteiger partial charge in [-0.25, -0.2) is 4.79 Å². The first-order chi connectivity index (χ1) is 12.1. The predicted octanol–water partition coefficient (Wildman–Crippen LogP) is 4.44. The van der Waals surface area contributed by atoms with Crippen LogP contribution in [0.25, 0.3) is 0 Å². The Bertz CT molecular complexity index is 697. The largest absolute Gasteiger partial charge is 0.462 e. The molecule has 4 nitrogen and oxygen atoms in total. The maximum Gasteiger partial charge on any atom is 0.338 e. The first kappa shape index (κ1) is 18.9. The molecule has 0 aliphatic heterocycles. The van der Waals surface area contributed by atoms with Crippen LogP contribution >= 0.6 is 12.2 Å². The van der Waals surface area contributed by atoms with Crippen molar-refractivity contribution >= 4 is 29.0 Å². The average Bonchev–Trinajstić information content (AvgIpc) is 2.62. The third-order valence-electron chi connectivity index (χ3n) is 3.68. The van der Waals surface area contributed by atoms with E-state index < -0.39 is 0 Å². The molecule has 0 saturated heterocycles. The highest BCUT2D eigenvalue weighted by Crippen LogP contribution is 2.11. The number of anilines is 1. The van der Waals surface area contributed by atoms with Crippen molar-refractivity contribution in [3.05, 3.63) is 65.2 Å². The van der Waals surface area contributed by atoms with Crippen LogP contribution in [-0.2, 0) is 11.3 Å². The number of hydrogen-bond donors (Lipinski definition) is 2. The summed E-state index contributed by atoms with van der Waals surface area (Å²) in [5.74, 6) is -0.292. The molecule has 2 aromatic carbocycles. The minimum absolute atomic E-state index is 0.292. The topological polar surface area (TPSA) is 50.4 Å². The summed E-state index contributed by atoms with van der Waals surface area (Å²) >= 11 is 5.30. The van der Waals surface area contributed by atoms with Gasteiger partial charge in [0.2, 0.25) is 0 Å². The number of nitrogens with one attached hydrogen (secondary N) is 2. The van der Waals surface area contributed by atoms with Gasteiger partial charge in [-0.05, 0) is 55.4 Å². The average molecular weight is 356 g/mol. The molecule has 0 unspecified atom stereocenters. The van der Waals surface area contributed by atoms with Gasteiger partial charge in [0.15, 0.2) is 5.11 Å². The zero-order chi connectivity index (χ0) is 18.1. The van der Waals surface area contributed by atoms with Crippen molar-refractivity contribution in [3.63, 3.8) is 0 Å². The van der Waals surface area contributed by atoms with Gasteiger partial charge in [-0.15, -0.1) is 0 Å². The Balaban J connectivity index is 1.80. The number of carbonyl (C=O) groups excluding carboxylic acids is 1. The van der Waals surface area contributed by atoms with E-state index in [1.807, 2.05) is 12.1 Å². The molecule has 132 valence electrons. The number of ether oxygens (including phenoxy) is 1. The van der Waals surface area contributed by atoms with E-state index in [1.165, 1.54) is 11.1 Å². The van der Waals surface area contributed by atoms with E-state index in [9.17, 15) is 4.79 Å². The minimum Gasteiger partial charge on any atom is -0.462 e. The van der Waals surface area contributed by atoms with Gasteiger partial charge in [0.25, 0.3) is 0 Å². The fourth-order valence-electron chi connectivity index (χ4n) is 2.15. The summed E-state index contributed by atoms with van der Waals surface area (Å²) in [6.07, 6.45) is 1.88. The van der Waals surface area contributed by atoms with E-state index >= 15 is 0 Å². The van der Waals surface area contributed by atoms with Gasteiger partial charge in [0.1, 0.15) is 0 Å². The zero-order valence-electron chi connectivity index (χ0n) is 14.7. The van der Waals surface area contributed by atoms with Crippen LogP contribution in [-0.4, -0.2) is 17.7 Å². The number of benzene rings is 2. The number of esters is 1. The van der Waals surface area contributed by atoms with Gasteiger partial charge in [-0.2, -0.15) is 0 Å². The Hall–Kier alpha value is -2.40. The Morgan fingerprint density at radius 1 is 1.08 bits per heavy atom. The van der Waals surface area contributed by atoms with Crippen LogP contribution in [0, 0.1) is 6.92 Å². The summed E-state index contributed by atoms with van der Waals surface area (Å²) in [4.78, 5) is 11.9. The minimum atomic E-state index is -0.292. The Kier molecular flexibility index (Phi) is 7.41. The lowest BCUT2D eigenvalue weighted by atomic mass is 10.1. The molecule has 0 saturated carbocycles. The Morgan fingerprint density at radius 3 is 2.40 bits per heavy atom. The number of aryl methyl sites for hydroxylation is 1. The second-order valence-electron chi connectivity index (χ2n) is 5.86. The molecule has 0 aliphatic rings. The first-order valence-electron chi connectivity index (χ1n) is 8.46. The first-order valence-corrected chi connectivity index (χ1v) is 8.87. The highest BCUT2D eigenvalue weighted by Gasteiger charge is 2.07. The maximum absolute atomic E-state index is 11.9. The van der Waals surface area contributed by atoms with Crippen molar-refractivity contribution in [1.29, 1.82) is 0 Å². The molecule has 0 aliphatic carbocycles. The van der Waals surface area contributed by atoms with Gasteiger partial charge >= 0.3 is 5.97 Å². The number of hydrogen-bond acceptors (Lipinski definition) is 3. The molecule has 5 heteroatoms. The van der Waals surface area contributed by atoms with E-state index in [2.05, 4.69) is 48.7 Å². The highest BCUT2D eigenvalue weighted by atomic mass is 32.1. The molecule has 0 amide bonds. The fourth-order valence-corrected chi connectivity index (χ4v) is 2.34. The standard InChI is InChI=1S/C20H24N2O2S/c1-3-4-13-24-19(23)17-9-11-18(12-10-17)22-20(25)21-14-16-7-5-15(2)6-8-16/h5-12H,3-4,13-14H2,1-2H3,(H2,21,22,25). The van der Waals surface area contributed by atoms with Crippen LogP contribution in [0.5, 0.6) is 0 Å². The van der Waals surface area contributed by atoms with Crippen molar-refractivity contribution in [2.45, 2.75) is 33.2 Å². The summed E-state index contributed by atoms with van der Waals surface area (Å²) in [6, 6.07) is 15.4. The van der Waals surface area contributed by atoms with Gasteiger partial charge in [-0.1, -0.05) is 43.2 Å². The van der Waals surface area contributed by atoms with Crippen LogP contribution < -0.4 is 10.6 Å². The quantitative estimate of drug-likeness (QED) is 0.436. The second-order valence-corrected chi connectivity index (χ2v) is 6.27. The summed E-state index contributed by atoms with van der Waals surface area (Å²) < 4.78 is 5.19. The molecule has 25 heavy (non-hydrogen) atoms. The van der Waals surface area contributed by atoms with E-state index in [0.717, 1.165) is 18.5 Å². The number of thiocarbonyl (C=S) groups is 1. The lowest BCUT2D eigenvalue weighted by molar-refractivity contribution is 0.0500. The summed E-state index contributed by atoms with van der Waals surface area (Å²) in [5.41, 5.74) is 3.77. The smallest absolute Gasteiger partial charge is 0.338 e. The zero-order valence-corrected chi connectivity index (χ0v) is 15.5. The van der Waals surface area contributed by atoms with Crippen molar-refractivity contribution in [1.82, 2.24) is 5.32 Å². The molecule has 0 spiro atoms. The fraction of sp³-hybridized carbons (Fsp3) is 0.300. The molecule has 0 bridgehead atoms. The molecule has 0 atom stereocenters. The van der Waals surface area contributed by atoms with Crippen molar-refractivity contribution in [2.24, 2.45) is 0 Å². The normalized spacial score (nSPS) is 10.2. The molecule has 2 N–H and O–H groups in total. The second kappa shape index (κ2) is 9.79. The molecular weight excluding hydrogens is 332 g/mol. The van der Waals surface area contributed by atoms with E-state index in [4.69, 9.17) is 17.0 Å². The summed E-state index contributed by atoms with van der Waals surface area (Å²) in [6.45, 7) is 5.24. The summed E-state index contributed by atoms with van der Waals surface area (Å²) in [7, 11) is 0. The van der Waals surface area contributed by atoms with Crippen molar-refractivity contribution < 1.29 is 9.53 Å². The van der Waals surface area contributed by atoms with Crippen LogP contribution in [0.2, 0.25) is 0 Å².